The molecule has 0 atom stereocenters. The van der Waals surface area contributed by atoms with Crippen molar-refractivity contribution in [2.75, 3.05) is 26.8 Å². The smallest absolute Gasteiger partial charge is 0.217 e. The van der Waals surface area contributed by atoms with Crippen LogP contribution < -0.4 is 5.73 Å². The molecule has 1 aliphatic heterocycles. The molecular weight excluding hydrogens is 252 g/mol. The number of rotatable bonds is 6. The molecule has 0 aliphatic carbocycles. The van der Waals surface area contributed by atoms with E-state index in [0.29, 0.717) is 32.6 Å². The third-order valence-corrected chi connectivity index (χ3v) is 6.80. The summed E-state index contributed by atoms with van der Waals surface area (Å²) in [6.45, 7) is 5.41. The van der Waals surface area contributed by atoms with Crippen LogP contribution in [0.3, 0.4) is 0 Å². The van der Waals surface area contributed by atoms with Gasteiger partial charge in [0.1, 0.15) is 0 Å². The lowest BCUT2D eigenvalue weighted by Crippen LogP contribution is -2.56. The SMILES string of the molecule is CCC(CC)(CN)N(C)S(=O)(=O)C1CCOCC1. The number of sulfonamides is 1. The van der Waals surface area contributed by atoms with E-state index in [0.717, 1.165) is 12.8 Å². The Hall–Kier alpha value is -0.170. The Kier molecular flexibility index (Phi) is 5.58. The topological polar surface area (TPSA) is 72.6 Å². The average Bonchev–Trinajstić information content (AvgIpc) is 2.42. The highest BCUT2D eigenvalue weighted by Gasteiger charge is 2.41. The minimum atomic E-state index is -3.28. The summed E-state index contributed by atoms with van der Waals surface area (Å²) in [5.41, 5.74) is 5.38. The van der Waals surface area contributed by atoms with Crippen molar-refractivity contribution >= 4 is 10.0 Å². The van der Waals surface area contributed by atoms with Gasteiger partial charge in [0.25, 0.3) is 0 Å². The summed E-state index contributed by atoms with van der Waals surface area (Å²) in [6.07, 6.45) is 2.64. The summed E-state index contributed by atoms with van der Waals surface area (Å²) < 4.78 is 32.0. The fourth-order valence-electron chi connectivity index (χ4n) is 2.58. The predicted octanol–water partition coefficient (Wildman–Crippen LogP) is 0.945. The van der Waals surface area contributed by atoms with Crippen molar-refractivity contribution in [1.29, 1.82) is 0 Å². The van der Waals surface area contributed by atoms with Gasteiger partial charge >= 0.3 is 0 Å². The maximum atomic E-state index is 12.6. The van der Waals surface area contributed by atoms with Gasteiger partial charge in [0.15, 0.2) is 0 Å². The van der Waals surface area contributed by atoms with Crippen LogP contribution in [0.1, 0.15) is 39.5 Å². The minimum Gasteiger partial charge on any atom is -0.381 e. The Morgan fingerprint density at radius 3 is 2.17 bits per heavy atom. The molecule has 5 nitrogen and oxygen atoms in total. The van der Waals surface area contributed by atoms with Crippen LogP contribution >= 0.6 is 0 Å². The molecule has 1 rings (SSSR count). The first kappa shape index (κ1) is 15.9. The van der Waals surface area contributed by atoms with Crippen LogP contribution in [0.5, 0.6) is 0 Å². The molecule has 0 unspecified atom stereocenters. The van der Waals surface area contributed by atoms with Crippen molar-refractivity contribution in [3.63, 3.8) is 0 Å². The fraction of sp³-hybridized carbons (Fsp3) is 1.00. The minimum absolute atomic E-state index is 0.319. The molecule has 108 valence electrons. The number of ether oxygens (including phenoxy) is 1. The quantitative estimate of drug-likeness (QED) is 0.785. The molecule has 0 aromatic rings. The van der Waals surface area contributed by atoms with E-state index in [1.54, 1.807) is 7.05 Å². The highest BCUT2D eigenvalue weighted by molar-refractivity contribution is 7.89. The molecule has 1 heterocycles. The fourth-order valence-corrected chi connectivity index (χ4v) is 4.69. The molecule has 0 amide bonds. The maximum absolute atomic E-state index is 12.6. The van der Waals surface area contributed by atoms with Crippen LogP contribution in [0.2, 0.25) is 0 Å². The summed E-state index contributed by atoms with van der Waals surface area (Å²) in [7, 11) is -1.61. The van der Waals surface area contributed by atoms with Gasteiger partial charge < -0.3 is 10.5 Å². The van der Waals surface area contributed by atoms with Gasteiger partial charge in [-0.15, -0.1) is 0 Å². The highest BCUT2D eigenvalue weighted by atomic mass is 32.2. The second-order valence-corrected chi connectivity index (χ2v) is 7.20. The third-order valence-electron chi connectivity index (χ3n) is 4.34. The van der Waals surface area contributed by atoms with E-state index in [1.807, 2.05) is 13.8 Å². The van der Waals surface area contributed by atoms with Gasteiger partial charge in [0.05, 0.1) is 5.25 Å². The summed E-state index contributed by atoms with van der Waals surface area (Å²) >= 11 is 0. The first-order chi connectivity index (χ1) is 8.44. The van der Waals surface area contributed by atoms with Gasteiger partial charge in [-0.25, -0.2) is 8.42 Å². The van der Waals surface area contributed by atoms with Gasteiger partial charge in [0.2, 0.25) is 10.0 Å². The Morgan fingerprint density at radius 2 is 1.78 bits per heavy atom. The van der Waals surface area contributed by atoms with E-state index in [1.165, 1.54) is 4.31 Å². The Bertz CT molecular complexity index is 338. The summed E-state index contributed by atoms with van der Waals surface area (Å²) in [4.78, 5) is 0. The van der Waals surface area contributed by atoms with Crippen molar-refractivity contribution in [3.8, 4) is 0 Å². The lowest BCUT2D eigenvalue weighted by Gasteiger charge is -2.41. The van der Waals surface area contributed by atoms with Gasteiger partial charge in [-0.1, -0.05) is 13.8 Å². The largest absolute Gasteiger partial charge is 0.381 e. The van der Waals surface area contributed by atoms with Crippen LogP contribution in [0.15, 0.2) is 0 Å². The second-order valence-electron chi connectivity index (χ2n) is 4.96. The Morgan fingerprint density at radius 1 is 1.28 bits per heavy atom. The van der Waals surface area contributed by atoms with Gasteiger partial charge in [-0.05, 0) is 25.7 Å². The average molecular weight is 278 g/mol. The Labute approximate surface area is 111 Å². The molecule has 1 fully saturated rings. The number of likely N-dealkylation sites (N-methyl/N-ethyl adjacent to an activating group) is 1. The zero-order valence-electron chi connectivity index (χ0n) is 11.7. The second kappa shape index (κ2) is 6.32. The maximum Gasteiger partial charge on any atom is 0.217 e. The van der Waals surface area contributed by atoms with E-state index in [4.69, 9.17) is 10.5 Å². The Balaban J connectivity index is 2.95. The predicted molar refractivity (Wildman–Crippen MR) is 72.9 cm³/mol. The standard InChI is InChI=1S/C12H26N2O3S/c1-4-12(5-2,10-13)14(3)18(15,16)11-6-8-17-9-7-11/h11H,4-10,13H2,1-3H3. The molecule has 2 N–H and O–H groups in total. The zero-order chi connectivity index (χ0) is 13.8. The monoisotopic (exact) mass is 278 g/mol. The molecule has 6 heteroatoms. The van der Waals surface area contributed by atoms with Crippen LogP contribution in [0, 0.1) is 0 Å². The van der Waals surface area contributed by atoms with E-state index < -0.39 is 15.6 Å². The van der Waals surface area contributed by atoms with Crippen molar-refractivity contribution in [1.82, 2.24) is 4.31 Å². The molecule has 0 bridgehead atoms. The number of hydrogen-bond donors (Lipinski definition) is 1. The molecule has 0 spiro atoms. The highest BCUT2D eigenvalue weighted by Crippen LogP contribution is 2.29. The van der Waals surface area contributed by atoms with Crippen LogP contribution in [0.4, 0.5) is 0 Å². The molecule has 1 saturated heterocycles. The van der Waals surface area contributed by atoms with E-state index in [2.05, 4.69) is 0 Å². The summed E-state index contributed by atoms with van der Waals surface area (Å²) in [5, 5.41) is -0.319. The lowest BCUT2D eigenvalue weighted by atomic mass is 9.93. The molecule has 0 radical (unpaired) electrons. The summed E-state index contributed by atoms with van der Waals surface area (Å²) in [6, 6.07) is 0. The van der Waals surface area contributed by atoms with E-state index >= 15 is 0 Å². The molecule has 1 aliphatic rings. The zero-order valence-corrected chi connectivity index (χ0v) is 12.5. The molecule has 18 heavy (non-hydrogen) atoms. The van der Waals surface area contributed by atoms with Crippen molar-refractivity contribution in [3.05, 3.63) is 0 Å². The van der Waals surface area contributed by atoms with Crippen LogP contribution in [0.25, 0.3) is 0 Å². The molecular formula is C12H26N2O3S. The van der Waals surface area contributed by atoms with E-state index in [-0.39, 0.29) is 5.25 Å². The number of nitrogens with two attached hydrogens (primary N) is 1. The van der Waals surface area contributed by atoms with Gasteiger partial charge in [-0.2, -0.15) is 4.31 Å². The third kappa shape index (κ3) is 2.87. The van der Waals surface area contributed by atoms with Crippen molar-refractivity contribution in [2.45, 2.75) is 50.3 Å². The first-order valence-corrected chi connectivity index (χ1v) is 8.20. The van der Waals surface area contributed by atoms with Gasteiger partial charge in [0, 0.05) is 32.3 Å². The number of hydrogen-bond acceptors (Lipinski definition) is 4. The summed E-state index contributed by atoms with van der Waals surface area (Å²) in [5.74, 6) is 0. The van der Waals surface area contributed by atoms with Gasteiger partial charge in [-0.3, -0.25) is 0 Å². The first-order valence-electron chi connectivity index (χ1n) is 6.70. The van der Waals surface area contributed by atoms with Crippen LogP contribution in [-0.2, 0) is 14.8 Å². The lowest BCUT2D eigenvalue weighted by molar-refractivity contribution is 0.0956. The van der Waals surface area contributed by atoms with Crippen molar-refractivity contribution in [2.24, 2.45) is 5.73 Å². The van der Waals surface area contributed by atoms with E-state index in [9.17, 15) is 8.42 Å². The molecule has 0 aromatic heterocycles. The molecule has 0 aromatic carbocycles. The molecule has 0 saturated carbocycles. The van der Waals surface area contributed by atoms with Crippen molar-refractivity contribution < 1.29 is 13.2 Å². The normalized spacial score (nSPS) is 19.4. The van der Waals surface area contributed by atoms with Crippen LogP contribution in [-0.4, -0.2) is 50.3 Å². The number of nitrogens with zero attached hydrogens (tertiary/aromatic N) is 1.